The second-order valence-corrected chi connectivity index (χ2v) is 7.77. The Kier molecular flexibility index (Phi) is 5.67. The smallest absolute Gasteiger partial charge is 0.336 e. The Hall–Kier alpha value is -4.45. The lowest BCUT2D eigenvalue weighted by Crippen LogP contribution is -2.43. The van der Waals surface area contributed by atoms with Gasteiger partial charge in [0.1, 0.15) is 11.4 Å². The monoisotopic (exact) mass is 466 g/mol. The number of benzene rings is 2. The highest BCUT2D eigenvalue weighted by Crippen LogP contribution is 2.32. The fourth-order valence-corrected chi connectivity index (χ4v) is 3.85. The van der Waals surface area contributed by atoms with Crippen LogP contribution in [-0.4, -0.2) is 39.1 Å². The van der Waals surface area contributed by atoms with E-state index in [9.17, 15) is 28.8 Å². The molecule has 0 aliphatic carbocycles. The number of amides is 3. The summed E-state index contributed by atoms with van der Waals surface area (Å²) in [5.74, 6) is -2.17. The topological polar surface area (TPSA) is 170 Å². The van der Waals surface area contributed by atoms with Crippen LogP contribution in [0.4, 0.5) is 4.79 Å². The first kappa shape index (κ1) is 21.8. The third-order valence-electron chi connectivity index (χ3n) is 4.65. The van der Waals surface area contributed by atoms with E-state index < -0.39 is 46.5 Å². The summed E-state index contributed by atoms with van der Waals surface area (Å²) < 4.78 is 5.88. The number of imide groups is 1. The van der Waals surface area contributed by atoms with E-state index in [2.05, 4.69) is 10.3 Å². The van der Waals surface area contributed by atoms with E-state index in [4.69, 9.17) is 10.5 Å². The van der Waals surface area contributed by atoms with Crippen molar-refractivity contribution in [2.24, 2.45) is 5.73 Å². The van der Waals surface area contributed by atoms with E-state index >= 15 is 0 Å². The van der Waals surface area contributed by atoms with Crippen LogP contribution in [-0.2, 0) is 4.79 Å². The van der Waals surface area contributed by atoms with Gasteiger partial charge in [-0.1, -0.05) is 30.3 Å². The van der Waals surface area contributed by atoms with Gasteiger partial charge in [0.15, 0.2) is 6.61 Å². The predicted molar refractivity (Wildman–Crippen MR) is 119 cm³/mol. The Morgan fingerprint density at radius 1 is 1.06 bits per heavy atom. The standard InChI is InChI=1S/C21H14N4O7S/c22-18(28)13-8-16(26)25(20(30)23-13)17(27)9-32-14-6-5-10(11-3-1-2-4-12(11)14)7-15-19(29)24-21(31)33-15/h1-8H,9H2,(H2,22,28)(H,23,30)(H,24,29,31). The number of hydrogen-bond acceptors (Lipinski definition) is 8. The summed E-state index contributed by atoms with van der Waals surface area (Å²) in [7, 11) is 0. The molecule has 1 aliphatic rings. The number of nitrogens with two attached hydrogens (primary N) is 1. The maximum atomic E-state index is 12.5. The Balaban J connectivity index is 1.63. The highest BCUT2D eigenvalue weighted by Gasteiger charge is 2.25. The second-order valence-electron chi connectivity index (χ2n) is 6.76. The number of nitrogens with zero attached hydrogens (tertiary/aromatic N) is 1. The molecule has 0 radical (unpaired) electrons. The van der Waals surface area contributed by atoms with Gasteiger partial charge < -0.3 is 15.5 Å². The minimum absolute atomic E-state index is 0.243. The summed E-state index contributed by atoms with van der Waals surface area (Å²) in [6, 6.07) is 11.0. The average molecular weight is 466 g/mol. The molecule has 12 heteroatoms. The fourth-order valence-electron chi connectivity index (χ4n) is 3.18. The number of thioether (sulfide) groups is 1. The van der Waals surface area contributed by atoms with Crippen molar-refractivity contribution in [3.8, 4) is 5.75 Å². The van der Waals surface area contributed by atoms with Crippen LogP contribution in [0.25, 0.3) is 16.8 Å². The van der Waals surface area contributed by atoms with Crippen molar-refractivity contribution in [1.82, 2.24) is 14.9 Å². The van der Waals surface area contributed by atoms with E-state index in [1.165, 1.54) is 0 Å². The van der Waals surface area contributed by atoms with Gasteiger partial charge in [0.05, 0.1) is 4.91 Å². The van der Waals surface area contributed by atoms with Gasteiger partial charge in [-0.15, -0.1) is 0 Å². The van der Waals surface area contributed by atoms with Crippen LogP contribution < -0.4 is 27.0 Å². The lowest BCUT2D eigenvalue weighted by atomic mass is 10.0. The number of carbonyl (C=O) groups excluding carboxylic acids is 4. The number of aromatic nitrogens is 2. The Morgan fingerprint density at radius 2 is 1.79 bits per heavy atom. The molecule has 3 aromatic rings. The molecule has 1 aromatic heterocycles. The van der Waals surface area contributed by atoms with Gasteiger partial charge >= 0.3 is 5.69 Å². The minimum Gasteiger partial charge on any atom is -0.483 e. The van der Waals surface area contributed by atoms with Crippen molar-refractivity contribution in [1.29, 1.82) is 0 Å². The molecule has 0 saturated carbocycles. The summed E-state index contributed by atoms with van der Waals surface area (Å²) in [6.07, 6.45) is 1.57. The molecular formula is C21H14N4O7S. The zero-order chi connectivity index (χ0) is 23.7. The lowest BCUT2D eigenvalue weighted by molar-refractivity contribution is -0.115. The normalized spacial score (nSPS) is 14.5. The van der Waals surface area contributed by atoms with Crippen LogP contribution in [0.3, 0.4) is 0 Å². The number of fused-ring (bicyclic) bond motifs is 1. The quantitative estimate of drug-likeness (QED) is 0.464. The van der Waals surface area contributed by atoms with Gasteiger partial charge in [0, 0.05) is 11.5 Å². The molecule has 0 unspecified atom stereocenters. The van der Waals surface area contributed by atoms with E-state index in [1.807, 2.05) is 0 Å². The van der Waals surface area contributed by atoms with E-state index in [1.54, 1.807) is 42.5 Å². The first-order valence-corrected chi connectivity index (χ1v) is 10.1. The number of H-pyrrole nitrogens is 1. The Labute approximate surface area is 188 Å². The number of primary amides is 1. The second kappa shape index (κ2) is 8.59. The molecule has 1 saturated heterocycles. The van der Waals surface area contributed by atoms with Gasteiger partial charge in [0.25, 0.3) is 28.5 Å². The van der Waals surface area contributed by atoms with Gasteiger partial charge in [-0.25, -0.2) is 4.79 Å². The zero-order valence-corrected chi connectivity index (χ0v) is 17.4. The maximum absolute atomic E-state index is 12.5. The Bertz CT molecular complexity index is 1470. The van der Waals surface area contributed by atoms with Crippen LogP contribution in [0, 0.1) is 0 Å². The summed E-state index contributed by atoms with van der Waals surface area (Å²) in [5.41, 5.74) is 3.13. The molecule has 0 spiro atoms. The van der Waals surface area contributed by atoms with E-state index in [0.717, 1.165) is 17.8 Å². The highest BCUT2D eigenvalue weighted by atomic mass is 32.2. The zero-order valence-electron chi connectivity index (χ0n) is 16.6. The first-order valence-electron chi connectivity index (χ1n) is 9.33. The largest absolute Gasteiger partial charge is 0.483 e. The average Bonchev–Trinajstić information content (AvgIpc) is 3.09. The number of aromatic amines is 1. The molecule has 4 rings (SSSR count). The number of rotatable bonds is 5. The van der Waals surface area contributed by atoms with Crippen LogP contribution in [0.2, 0.25) is 0 Å². The molecule has 33 heavy (non-hydrogen) atoms. The van der Waals surface area contributed by atoms with Crippen LogP contribution in [0.15, 0.2) is 57.0 Å². The van der Waals surface area contributed by atoms with Crippen molar-refractivity contribution in [3.05, 3.63) is 79.5 Å². The molecule has 4 N–H and O–H groups in total. The number of ether oxygens (including phenoxy) is 1. The highest BCUT2D eigenvalue weighted by molar-refractivity contribution is 8.18. The summed E-state index contributed by atoms with van der Waals surface area (Å²) in [4.78, 5) is 73.3. The Morgan fingerprint density at radius 3 is 2.42 bits per heavy atom. The third kappa shape index (κ3) is 4.32. The molecule has 0 atom stereocenters. The number of nitrogens with one attached hydrogen (secondary N) is 2. The number of hydrogen-bond donors (Lipinski definition) is 3. The maximum Gasteiger partial charge on any atom is 0.336 e. The summed E-state index contributed by atoms with van der Waals surface area (Å²) in [6.45, 7) is -0.643. The first-order chi connectivity index (χ1) is 15.7. The van der Waals surface area contributed by atoms with E-state index in [-0.39, 0.29) is 4.91 Å². The molecule has 166 valence electrons. The molecule has 2 heterocycles. The lowest BCUT2D eigenvalue weighted by Gasteiger charge is -2.11. The van der Waals surface area contributed by atoms with Crippen LogP contribution in [0.5, 0.6) is 5.75 Å². The van der Waals surface area contributed by atoms with Crippen molar-refractivity contribution in [2.45, 2.75) is 0 Å². The SMILES string of the molecule is NC(=O)c1cc(=O)n(C(=O)COc2ccc(C=C3SC(=O)NC3=O)c3ccccc23)c(=O)[nH]1. The molecule has 0 bridgehead atoms. The molecule has 1 aliphatic heterocycles. The van der Waals surface area contributed by atoms with Crippen molar-refractivity contribution < 1.29 is 23.9 Å². The van der Waals surface area contributed by atoms with Crippen molar-refractivity contribution in [2.75, 3.05) is 6.61 Å². The number of carbonyl (C=O) groups is 4. The molecular weight excluding hydrogens is 452 g/mol. The molecule has 3 amide bonds. The van der Waals surface area contributed by atoms with E-state index in [0.29, 0.717) is 26.7 Å². The van der Waals surface area contributed by atoms with Gasteiger partial charge in [0.2, 0.25) is 0 Å². The van der Waals surface area contributed by atoms with Gasteiger partial charge in [-0.05, 0) is 34.9 Å². The van der Waals surface area contributed by atoms with Crippen molar-refractivity contribution >= 4 is 51.6 Å². The molecule has 11 nitrogen and oxygen atoms in total. The molecule has 1 fully saturated rings. The third-order valence-corrected chi connectivity index (χ3v) is 5.46. The van der Waals surface area contributed by atoms with Crippen LogP contribution >= 0.6 is 11.8 Å². The van der Waals surface area contributed by atoms with Crippen LogP contribution in [0.1, 0.15) is 20.8 Å². The molecule has 2 aromatic carbocycles. The van der Waals surface area contributed by atoms with Gasteiger partial charge in [-0.3, -0.25) is 29.3 Å². The van der Waals surface area contributed by atoms with Gasteiger partial charge in [-0.2, -0.15) is 4.57 Å². The van der Waals surface area contributed by atoms with Crippen molar-refractivity contribution in [3.63, 3.8) is 0 Å². The summed E-state index contributed by atoms with van der Waals surface area (Å²) in [5, 5.41) is 3.01. The fraction of sp³-hybridized carbons (Fsp3) is 0.0476. The predicted octanol–water partition coefficient (Wildman–Crippen LogP) is 0.832. The summed E-state index contributed by atoms with van der Waals surface area (Å²) >= 11 is 0.790. The minimum atomic E-state index is -1.11.